The average Bonchev–Trinajstić information content (AvgIpc) is 3.10. The maximum Gasteiger partial charge on any atom is 0.338 e. The van der Waals surface area contributed by atoms with Gasteiger partial charge in [-0.3, -0.25) is 0 Å². The average molecular weight is 328 g/mol. The summed E-state index contributed by atoms with van der Waals surface area (Å²) < 4.78 is 10.0. The third kappa shape index (κ3) is 4.50. The van der Waals surface area contributed by atoms with Crippen LogP contribution in [0.4, 0.5) is 0 Å². The van der Waals surface area contributed by atoms with Gasteiger partial charge in [0.05, 0.1) is 25.2 Å². The van der Waals surface area contributed by atoms with Crippen molar-refractivity contribution >= 4 is 5.97 Å². The second kappa shape index (κ2) is 8.18. The Labute approximate surface area is 145 Å². The summed E-state index contributed by atoms with van der Waals surface area (Å²) in [5.74, 6) is 0.225. The molecular formula is C21H28O3. The van der Waals surface area contributed by atoms with Crippen LogP contribution in [0.3, 0.4) is 0 Å². The van der Waals surface area contributed by atoms with E-state index in [0.29, 0.717) is 11.5 Å². The lowest BCUT2D eigenvalue weighted by atomic mass is 9.69. The highest BCUT2D eigenvalue weighted by Gasteiger charge is 2.30. The van der Waals surface area contributed by atoms with Crippen LogP contribution in [-0.2, 0) is 16.0 Å². The molecular weight excluding hydrogens is 300 g/mol. The highest BCUT2D eigenvalue weighted by atomic mass is 16.5. The molecule has 1 aromatic heterocycles. The first-order valence-electron chi connectivity index (χ1n) is 8.60. The van der Waals surface area contributed by atoms with Crippen LogP contribution in [-0.4, -0.2) is 13.1 Å². The van der Waals surface area contributed by atoms with Crippen molar-refractivity contribution in [2.45, 2.75) is 46.0 Å². The molecule has 0 saturated heterocycles. The predicted molar refractivity (Wildman–Crippen MR) is 96.5 cm³/mol. The van der Waals surface area contributed by atoms with E-state index < -0.39 is 0 Å². The molecule has 1 aromatic rings. The molecule has 1 aliphatic carbocycles. The second-order valence-corrected chi connectivity index (χ2v) is 7.03. The molecule has 0 N–H and O–H groups in total. The van der Waals surface area contributed by atoms with Gasteiger partial charge >= 0.3 is 5.97 Å². The minimum absolute atomic E-state index is 0.213. The van der Waals surface area contributed by atoms with E-state index in [1.807, 2.05) is 24.5 Å². The summed E-state index contributed by atoms with van der Waals surface area (Å²) in [7, 11) is 1.41. The molecule has 3 heteroatoms. The quantitative estimate of drug-likeness (QED) is 0.709. The third-order valence-electron chi connectivity index (χ3n) is 5.40. The van der Waals surface area contributed by atoms with E-state index in [1.54, 1.807) is 6.26 Å². The number of esters is 1. The van der Waals surface area contributed by atoms with Crippen LogP contribution >= 0.6 is 0 Å². The lowest BCUT2D eigenvalue weighted by molar-refractivity contribution is -0.135. The minimum atomic E-state index is -0.305. The van der Waals surface area contributed by atoms with Crippen LogP contribution in [0.5, 0.6) is 0 Å². The third-order valence-corrected chi connectivity index (χ3v) is 5.40. The van der Waals surface area contributed by atoms with Crippen molar-refractivity contribution in [3.05, 3.63) is 60.1 Å². The Morgan fingerprint density at radius 3 is 2.96 bits per heavy atom. The normalized spacial score (nSPS) is 26.5. The SMILES string of the molecule is C=C1CC[C@@H](C)[C@@](C)(CCc2ccoc2)C/C=C\C=C1C(=O)OC. The standard InChI is InChI=1S/C21H28O3/c1-16-8-9-17(2)21(3,13-10-18-11-14-24-15-18)12-6-5-7-19(16)20(22)23-4/h5-7,11,14-15,17H,1,8-10,12-13H2,2-4H3/b6-5-,19-7?/t17-,21-/m1/s1. The van der Waals surface area contributed by atoms with E-state index in [0.717, 1.165) is 37.7 Å². The maximum atomic E-state index is 11.9. The van der Waals surface area contributed by atoms with Crippen LogP contribution in [0.25, 0.3) is 0 Å². The lowest BCUT2D eigenvalue weighted by Gasteiger charge is -2.36. The molecule has 0 saturated carbocycles. The first-order valence-corrected chi connectivity index (χ1v) is 8.60. The number of rotatable bonds is 4. The van der Waals surface area contributed by atoms with Crippen LogP contribution in [0.15, 0.2) is 59.0 Å². The Hall–Kier alpha value is -2.03. The second-order valence-electron chi connectivity index (χ2n) is 7.03. The highest BCUT2D eigenvalue weighted by Crippen LogP contribution is 2.40. The van der Waals surface area contributed by atoms with E-state index in [9.17, 15) is 4.79 Å². The van der Waals surface area contributed by atoms with E-state index >= 15 is 0 Å². The number of methoxy groups -OCH3 is 1. The van der Waals surface area contributed by atoms with Crippen molar-refractivity contribution in [1.29, 1.82) is 0 Å². The molecule has 130 valence electrons. The molecule has 0 aliphatic heterocycles. The molecule has 0 radical (unpaired) electrons. The van der Waals surface area contributed by atoms with Gasteiger partial charge in [0.2, 0.25) is 0 Å². The van der Waals surface area contributed by atoms with Gasteiger partial charge in [0.25, 0.3) is 0 Å². The Bertz CT molecular complexity index is 622. The summed E-state index contributed by atoms with van der Waals surface area (Å²) in [5.41, 5.74) is 2.91. The van der Waals surface area contributed by atoms with Gasteiger partial charge < -0.3 is 9.15 Å². The minimum Gasteiger partial charge on any atom is -0.472 e. The van der Waals surface area contributed by atoms with Gasteiger partial charge in [-0.05, 0) is 66.7 Å². The maximum absolute atomic E-state index is 11.9. The van der Waals surface area contributed by atoms with Gasteiger partial charge in [0.1, 0.15) is 0 Å². The number of aryl methyl sites for hydroxylation is 1. The van der Waals surface area contributed by atoms with Crippen molar-refractivity contribution < 1.29 is 13.9 Å². The summed E-state index contributed by atoms with van der Waals surface area (Å²) in [6.45, 7) is 8.76. The number of allylic oxidation sites excluding steroid dienone is 3. The molecule has 0 spiro atoms. The van der Waals surface area contributed by atoms with Crippen LogP contribution in [0.2, 0.25) is 0 Å². The van der Waals surface area contributed by atoms with Gasteiger partial charge in [-0.15, -0.1) is 0 Å². The molecule has 1 aliphatic rings. The first kappa shape index (κ1) is 18.3. The summed E-state index contributed by atoms with van der Waals surface area (Å²) in [4.78, 5) is 11.9. The van der Waals surface area contributed by atoms with Crippen LogP contribution in [0, 0.1) is 11.3 Å². The van der Waals surface area contributed by atoms with E-state index in [4.69, 9.17) is 9.15 Å². The van der Waals surface area contributed by atoms with E-state index in [-0.39, 0.29) is 11.4 Å². The number of carbonyl (C=O) groups is 1. The van der Waals surface area contributed by atoms with Gasteiger partial charge in [0, 0.05) is 0 Å². The fraction of sp³-hybridized carbons (Fsp3) is 0.476. The van der Waals surface area contributed by atoms with Crippen molar-refractivity contribution in [2.75, 3.05) is 7.11 Å². The fourth-order valence-corrected chi connectivity index (χ4v) is 3.23. The number of hydrogen-bond acceptors (Lipinski definition) is 3. The lowest BCUT2D eigenvalue weighted by Crippen LogP contribution is -2.26. The summed E-state index contributed by atoms with van der Waals surface area (Å²) in [6.07, 6.45) is 14.5. The summed E-state index contributed by atoms with van der Waals surface area (Å²) in [5, 5.41) is 0. The molecule has 0 bridgehead atoms. The van der Waals surface area contributed by atoms with Crippen LogP contribution < -0.4 is 0 Å². The van der Waals surface area contributed by atoms with Crippen molar-refractivity contribution in [3.63, 3.8) is 0 Å². The zero-order valence-electron chi connectivity index (χ0n) is 15.0. The van der Waals surface area contributed by atoms with Gasteiger partial charge in [-0.2, -0.15) is 0 Å². The molecule has 24 heavy (non-hydrogen) atoms. The fourth-order valence-electron chi connectivity index (χ4n) is 3.23. The van der Waals surface area contributed by atoms with Crippen molar-refractivity contribution in [3.8, 4) is 0 Å². The molecule has 2 rings (SSSR count). The molecule has 2 atom stereocenters. The zero-order chi connectivity index (χ0) is 17.6. The molecule has 3 nitrogen and oxygen atoms in total. The molecule has 0 fully saturated rings. The number of furan rings is 1. The Kier molecular flexibility index (Phi) is 6.24. The molecule has 0 aromatic carbocycles. The molecule has 0 unspecified atom stereocenters. The number of carbonyl (C=O) groups excluding carboxylic acids is 1. The Balaban J connectivity index is 2.14. The van der Waals surface area contributed by atoms with Crippen LogP contribution in [0.1, 0.15) is 45.1 Å². The van der Waals surface area contributed by atoms with Crippen molar-refractivity contribution in [2.24, 2.45) is 11.3 Å². The largest absolute Gasteiger partial charge is 0.472 e. The smallest absolute Gasteiger partial charge is 0.338 e. The predicted octanol–water partition coefficient (Wildman–Crippen LogP) is 5.25. The van der Waals surface area contributed by atoms with Gasteiger partial charge in [-0.1, -0.05) is 32.6 Å². The number of ether oxygens (including phenoxy) is 1. The van der Waals surface area contributed by atoms with E-state index in [1.165, 1.54) is 12.7 Å². The first-order chi connectivity index (χ1) is 11.5. The molecule has 0 amide bonds. The highest BCUT2D eigenvalue weighted by molar-refractivity contribution is 5.93. The Morgan fingerprint density at radius 1 is 1.50 bits per heavy atom. The van der Waals surface area contributed by atoms with Gasteiger partial charge in [0.15, 0.2) is 0 Å². The van der Waals surface area contributed by atoms with Gasteiger partial charge in [-0.25, -0.2) is 4.79 Å². The number of hydrogen-bond donors (Lipinski definition) is 0. The van der Waals surface area contributed by atoms with E-state index in [2.05, 4.69) is 26.5 Å². The zero-order valence-corrected chi connectivity index (χ0v) is 15.0. The Morgan fingerprint density at radius 2 is 2.29 bits per heavy atom. The topological polar surface area (TPSA) is 39.4 Å². The summed E-state index contributed by atoms with van der Waals surface area (Å²) in [6, 6.07) is 2.04. The summed E-state index contributed by atoms with van der Waals surface area (Å²) >= 11 is 0. The molecule has 1 heterocycles. The van der Waals surface area contributed by atoms with Crippen molar-refractivity contribution in [1.82, 2.24) is 0 Å². The monoisotopic (exact) mass is 328 g/mol.